The van der Waals surface area contributed by atoms with Crippen LogP contribution in [0.3, 0.4) is 0 Å². The molecule has 1 heterocycles. The summed E-state index contributed by atoms with van der Waals surface area (Å²) < 4.78 is 19.4. The molecule has 2 N–H and O–H groups in total. The summed E-state index contributed by atoms with van der Waals surface area (Å²) in [7, 11) is 1.53. The van der Waals surface area contributed by atoms with E-state index in [1.807, 2.05) is 0 Å². The highest BCUT2D eigenvalue weighted by atomic mass is 79.9. The summed E-state index contributed by atoms with van der Waals surface area (Å²) in [5, 5.41) is 3.88. The topological polar surface area (TPSA) is 91.0 Å². The van der Waals surface area contributed by atoms with Crippen LogP contribution in [-0.2, 0) is 9.59 Å². The average molecular weight is 571 g/mol. The lowest BCUT2D eigenvalue weighted by molar-refractivity contribution is -0.124. The highest BCUT2D eigenvalue weighted by Crippen LogP contribution is 2.27. The van der Waals surface area contributed by atoms with Crippen LogP contribution in [0, 0.1) is 5.82 Å². The molecule has 0 aromatic heterocycles. The molecule has 11 heteroatoms. The second-order valence-electron chi connectivity index (χ2n) is 7.75. The summed E-state index contributed by atoms with van der Waals surface area (Å²) in [6.45, 7) is 0. The van der Waals surface area contributed by atoms with Crippen LogP contribution in [0.5, 0.6) is 5.75 Å². The maximum Gasteiger partial charge on any atom is 0.269 e. The second kappa shape index (κ2) is 10.8. The third kappa shape index (κ3) is 5.52. The first-order chi connectivity index (χ1) is 17.3. The lowest BCUT2D eigenvalue weighted by atomic mass is 10.1. The van der Waals surface area contributed by atoms with Gasteiger partial charge >= 0.3 is 0 Å². The SMILES string of the molecule is COc1ccc(NC(=O)CC2C(=O)N(c3ccc(F)cc3)C(=S)N2NC(=O)c2ccc(Br)cc2)cc1. The largest absolute Gasteiger partial charge is 0.497 e. The van der Waals surface area contributed by atoms with Crippen molar-refractivity contribution in [2.75, 3.05) is 17.3 Å². The fourth-order valence-electron chi connectivity index (χ4n) is 3.56. The van der Waals surface area contributed by atoms with Crippen LogP contribution in [-0.4, -0.2) is 41.0 Å². The zero-order valence-electron chi connectivity index (χ0n) is 18.9. The van der Waals surface area contributed by atoms with Gasteiger partial charge in [-0.25, -0.2) is 9.40 Å². The number of ether oxygens (including phenoxy) is 1. The Bertz CT molecular complexity index is 1300. The maximum atomic E-state index is 13.5. The molecule has 3 amide bonds. The Morgan fingerprint density at radius 2 is 1.67 bits per heavy atom. The monoisotopic (exact) mass is 570 g/mol. The number of halogens is 2. The van der Waals surface area contributed by atoms with Gasteiger partial charge < -0.3 is 10.1 Å². The van der Waals surface area contributed by atoms with E-state index in [0.29, 0.717) is 22.7 Å². The Morgan fingerprint density at radius 3 is 2.28 bits per heavy atom. The van der Waals surface area contributed by atoms with Gasteiger partial charge in [-0.05, 0) is 85.0 Å². The van der Waals surface area contributed by atoms with Crippen molar-refractivity contribution in [1.82, 2.24) is 10.4 Å². The number of thiocarbonyl (C=S) groups is 1. The fraction of sp³-hybridized carbons (Fsp3) is 0.120. The normalized spacial score (nSPS) is 15.1. The molecule has 3 aromatic rings. The molecule has 0 bridgehead atoms. The Labute approximate surface area is 220 Å². The Hall–Kier alpha value is -3.83. The number of methoxy groups -OCH3 is 1. The van der Waals surface area contributed by atoms with Gasteiger partial charge in [0.2, 0.25) is 11.0 Å². The lowest BCUT2D eigenvalue weighted by Crippen LogP contribution is -2.49. The first kappa shape index (κ1) is 25.3. The van der Waals surface area contributed by atoms with Gasteiger partial charge in [0.1, 0.15) is 17.6 Å². The minimum atomic E-state index is -1.12. The van der Waals surface area contributed by atoms with Gasteiger partial charge in [0, 0.05) is 15.7 Å². The predicted octanol–water partition coefficient (Wildman–Crippen LogP) is 4.27. The molecule has 0 radical (unpaired) electrons. The zero-order chi connectivity index (χ0) is 25.8. The average Bonchev–Trinajstić information content (AvgIpc) is 3.09. The van der Waals surface area contributed by atoms with Crippen LogP contribution >= 0.6 is 28.1 Å². The molecule has 3 aromatic carbocycles. The van der Waals surface area contributed by atoms with E-state index in [-0.39, 0.29) is 11.5 Å². The molecule has 1 atom stereocenters. The van der Waals surface area contributed by atoms with Gasteiger partial charge in [-0.15, -0.1) is 0 Å². The fourth-order valence-corrected chi connectivity index (χ4v) is 4.20. The van der Waals surface area contributed by atoms with Crippen LogP contribution in [0.25, 0.3) is 0 Å². The number of anilines is 2. The molecule has 1 aliphatic heterocycles. The smallest absolute Gasteiger partial charge is 0.269 e. The van der Waals surface area contributed by atoms with Crippen molar-refractivity contribution in [3.05, 3.63) is 88.6 Å². The van der Waals surface area contributed by atoms with Crippen LogP contribution < -0.4 is 20.4 Å². The van der Waals surface area contributed by atoms with Crippen LogP contribution in [0.4, 0.5) is 15.8 Å². The van der Waals surface area contributed by atoms with Crippen LogP contribution in [0.1, 0.15) is 16.8 Å². The molecule has 0 aliphatic carbocycles. The molecular weight excluding hydrogens is 551 g/mol. The van der Waals surface area contributed by atoms with Crippen molar-refractivity contribution < 1.29 is 23.5 Å². The van der Waals surface area contributed by atoms with E-state index in [9.17, 15) is 18.8 Å². The standard InChI is InChI=1S/C25H20BrFN4O4S/c1-35-20-12-8-18(9-13-20)28-22(32)14-21-24(34)30(19-10-6-17(27)7-11-19)25(36)31(21)29-23(33)15-2-4-16(26)5-3-15/h2-13,21H,14H2,1H3,(H,28,32)(H,29,33). The Kier molecular flexibility index (Phi) is 7.61. The summed E-state index contributed by atoms with van der Waals surface area (Å²) in [6.07, 6.45) is -0.302. The van der Waals surface area contributed by atoms with Crippen molar-refractivity contribution in [3.8, 4) is 5.75 Å². The van der Waals surface area contributed by atoms with E-state index >= 15 is 0 Å². The number of hydrazine groups is 1. The predicted molar refractivity (Wildman–Crippen MR) is 140 cm³/mol. The number of carbonyl (C=O) groups excluding carboxylic acids is 3. The molecule has 8 nitrogen and oxygen atoms in total. The molecule has 184 valence electrons. The second-order valence-corrected chi connectivity index (χ2v) is 9.03. The quantitative estimate of drug-likeness (QED) is 0.412. The molecule has 0 saturated carbocycles. The zero-order valence-corrected chi connectivity index (χ0v) is 21.3. The van der Waals surface area contributed by atoms with E-state index in [1.54, 1.807) is 48.5 Å². The minimum absolute atomic E-state index is 0.0423. The number of hydrogen-bond donors (Lipinski definition) is 2. The molecule has 1 aliphatic rings. The van der Waals surface area contributed by atoms with E-state index in [4.69, 9.17) is 17.0 Å². The van der Waals surface area contributed by atoms with Gasteiger partial charge in [-0.1, -0.05) is 15.9 Å². The van der Waals surface area contributed by atoms with Gasteiger partial charge in [0.05, 0.1) is 19.2 Å². The Morgan fingerprint density at radius 1 is 1.03 bits per heavy atom. The molecule has 1 unspecified atom stereocenters. The first-order valence-corrected chi connectivity index (χ1v) is 11.9. The number of rotatable bonds is 7. The molecule has 36 heavy (non-hydrogen) atoms. The molecule has 1 saturated heterocycles. The third-order valence-corrected chi connectivity index (χ3v) is 6.29. The summed E-state index contributed by atoms with van der Waals surface area (Å²) in [6, 6.07) is 17.4. The van der Waals surface area contributed by atoms with Gasteiger partial charge in [0.25, 0.3) is 11.8 Å². The van der Waals surface area contributed by atoms with Crippen LogP contribution in [0.15, 0.2) is 77.3 Å². The molecule has 1 fully saturated rings. The molecule has 4 rings (SSSR count). The summed E-state index contributed by atoms with van der Waals surface area (Å²) in [5.74, 6) is -1.37. The third-order valence-electron chi connectivity index (χ3n) is 5.38. The Balaban J connectivity index is 1.58. The van der Waals surface area contributed by atoms with E-state index in [1.165, 1.54) is 41.3 Å². The molecule has 0 spiro atoms. The number of benzene rings is 3. The summed E-state index contributed by atoms with van der Waals surface area (Å²) >= 11 is 8.82. The van der Waals surface area contributed by atoms with Gasteiger partial charge in [0.15, 0.2) is 0 Å². The number of carbonyl (C=O) groups is 3. The van der Waals surface area contributed by atoms with Crippen molar-refractivity contribution in [2.24, 2.45) is 0 Å². The van der Waals surface area contributed by atoms with Crippen molar-refractivity contribution >= 4 is 62.4 Å². The van der Waals surface area contributed by atoms with Crippen molar-refractivity contribution in [2.45, 2.75) is 12.5 Å². The first-order valence-electron chi connectivity index (χ1n) is 10.7. The molecular formula is C25H20BrFN4O4S. The van der Waals surface area contributed by atoms with E-state index in [0.717, 1.165) is 4.47 Å². The number of amides is 3. The highest BCUT2D eigenvalue weighted by Gasteiger charge is 2.45. The minimum Gasteiger partial charge on any atom is -0.497 e. The maximum absolute atomic E-state index is 13.5. The van der Waals surface area contributed by atoms with Gasteiger partial charge in [-0.3, -0.25) is 24.7 Å². The van der Waals surface area contributed by atoms with Crippen molar-refractivity contribution in [3.63, 3.8) is 0 Å². The van der Waals surface area contributed by atoms with Crippen LogP contribution in [0.2, 0.25) is 0 Å². The lowest BCUT2D eigenvalue weighted by Gasteiger charge is -2.24. The number of nitrogens with zero attached hydrogens (tertiary/aromatic N) is 2. The number of hydrogen-bond acceptors (Lipinski definition) is 5. The summed E-state index contributed by atoms with van der Waals surface area (Å²) in [4.78, 5) is 40.3. The number of nitrogens with one attached hydrogen (secondary N) is 2. The van der Waals surface area contributed by atoms with E-state index < -0.39 is 29.6 Å². The van der Waals surface area contributed by atoms with Gasteiger partial charge in [-0.2, -0.15) is 0 Å². The van der Waals surface area contributed by atoms with Crippen molar-refractivity contribution in [1.29, 1.82) is 0 Å². The highest BCUT2D eigenvalue weighted by molar-refractivity contribution is 9.10. The summed E-state index contributed by atoms with van der Waals surface area (Å²) in [5.41, 5.74) is 3.80. The van der Waals surface area contributed by atoms with E-state index in [2.05, 4.69) is 26.7 Å².